The lowest BCUT2D eigenvalue weighted by Gasteiger charge is -2.08. The number of nitrogens with zero attached hydrogens (tertiary/aromatic N) is 1. The van der Waals surface area contributed by atoms with Crippen molar-refractivity contribution in [2.75, 3.05) is 14.2 Å². The van der Waals surface area contributed by atoms with Crippen molar-refractivity contribution in [3.63, 3.8) is 0 Å². The molecule has 0 saturated carbocycles. The summed E-state index contributed by atoms with van der Waals surface area (Å²) in [6.07, 6.45) is 3.32. The highest BCUT2D eigenvalue weighted by atomic mass is 16.6. The molecule has 0 aliphatic rings. The molecule has 0 aliphatic carbocycles. The van der Waals surface area contributed by atoms with Gasteiger partial charge in [0.15, 0.2) is 5.43 Å². The Kier molecular flexibility index (Phi) is 4.70. The first kappa shape index (κ1) is 17.2. The molecular formula is C19H15NO6. The quantitative estimate of drug-likeness (QED) is 0.510. The summed E-state index contributed by atoms with van der Waals surface area (Å²) in [7, 11) is 2.98. The van der Waals surface area contributed by atoms with Gasteiger partial charge in [0.05, 0.1) is 19.1 Å². The lowest BCUT2D eigenvalue weighted by atomic mass is 10.1. The van der Waals surface area contributed by atoms with E-state index in [-0.39, 0.29) is 11.1 Å². The van der Waals surface area contributed by atoms with Crippen LogP contribution in [-0.2, 0) is 0 Å². The van der Waals surface area contributed by atoms with Gasteiger partial charge in [-0.25, -0.2) is 0 Å². The van der Waals surface area contributed by atoms with E-state index in [0.29, 0.717) is 28.2 Å². The van der Waals surface area contributed by atoms with Gasteiger partial charge >= 0.3 is 0 Å². The highest BCUT2D eigenvalue weighted by Gasteiger charge is 2.12. The summed E-state index contributed by atoms with van der Waals surface area (Å²) in [5.41, 5.74) is 0.853. The summed E-state index contributed by atoms with van der Waals surface area (Å²) in [6, 6.07) is 10.6. The summed E-state index contributed by atoms with van der Waals surface area (Å²) in [6.45, 7) is 0. The van der Waals surface area contributed by atoms with E-state index in [9.17, 15) is 14.9 Å². The van der Waals surface area contributed by atoms with Gasteiger partial charge in [-0.3, -0.25) is 14.9 Å². The number of hydrogen-bond acceptors (Lipinski definition) is 6. The van der Waals surface area contributed by atoms with Gasteiger partial charge in [0.2, 0.25) is 0 Å². The number of fused-ring (bicyclic) bond motifs is 1. The van der Waals surface area contributed by atoms with E-state index in [1.165, 1.54) is 32.4 Å². The fourth-order valence-corrected chi connectivity index (χ4v) is 2.49. The number of nitro benzene ring substituents is 1. The van der Waals surface area contributed by atoms with Crippen molar-refractivity contribution in [1.29, 1.82) is 0 Å². The Labute approximate surface area is 148 Å². The smallest absolute Gasteiger partial charge is 0.269 e. The number of hydrogen-bond donors (Lipinski definition) is 0. The maximum atomic E-state index is 12.4. The Morgan fingerprint density at radius 1 is 1.04 bits per heavy atom. The van der Waals surface area contributed by atoms with Gasteiger partial charge in [0.1, 0.15) is 28.2 Å². The molecule has 0 amide bonds. The minimum Gasteiger partial charge on any atom is -0.496 e. The molecule has 0 N–H and O–H groups in total. The molecule has 26 heavy (non-hydrogen) atoms. The van der Waals surface area contributed by atoms with Crippen LogP contribution < -0.4 is 14.9 Å². The molecule has 1 heterocycles. The molecule has 0 spiro atoms. The summed E-state index contributed by atoms with van der Waals surface area (Å²) >= 11 is 0. The third-order valence-electron chi connectivity index (χ3n) is 3.79. The molecule has 0 fully saturated rings. The van der Waals surface area contributed by atoms with Crippen LogP contribution in [0.2, 0.25) is 0 Å². The van der Waals surface area contributed by atoms with Gasteiger partial charge in [0.25, 0.3) is 5.69 Å². The minimum absolute atomic E-state index is 0.0126. The zero-order chi connectivity index (χ0) is 18.7. The van der Waals surface area contributed by atoms with Crippen molar-refractivity contribution in [3.05, 3.63) is 74.1 Å². The fraction of sp³-hybridized carbons (Fsp3) is 0.105. The summed E-state index contributed by atoms with van der Waals surface area (Å²) in [5.74, 6) is 1.23. The standard InChI is InChI=1S/C19H15NO6/c1-24-15-10-17(25-2)19-16(21)9-14(26-18(19)11-15)8-5-12-3-6-13(7-4-12)20(22)23/h3-11H,1-2H3. The zero-order valence-electron chi connectivity index (χ0n) is 14.1. The third-order valence-corrected chi connectivity index (χ3v) is 3.79. The Bertz CT molecular complexity index is 1050. The molecule has 0 unspecified atom stereocenters. The topological polar surface area (TPSA) is 91.8 Å². The lowest BCUT2D eigenvalue weighted by Crippen LogP contribution is -2.03. The molecule has 0 aliphatic heterocycles. The number of nitro groups is 1. The molecule has 0 atom stereocenters. The van der Waals surface area contributed by atoms with Gasteiger partial charge in [-0.05, 0) is 23.8 Å². The first-order valence-electron chi connectivity index (χ1n) is 7.64. The number of non-ortho nitro benzene ring substituents is 1. The van der Waals surface area contributed by atoms with Crippen LogP contribution in [0.4, 0.5) is 5.69 Å². The van der Waals surface area contributed by atoms with E-state index in [2.05, 4.69) is 0 Å². The summed E-state index contributed by atoms with van der Waals surface area (Å²) < 4.78 is 16.2. The van der Waals surface area contributed by atoms with Crippen molar-refractivity contribution in [3.8, 4) is 11.5 Å². The van der Waals surface area contributed by atoms with E-state index in [1.54, 1.807) is 36.4 Å². The summed E-state index contributed by atoms with van der Waals surface area (Å²) in [4.78, 5) is 22.6. The van der Waals surface area contributed by atoms with Crippen molar-refractivity contribution >= 4 is 28.8 Å². The van der Waals surface area contributed by atoms with Crippen LogP contribution in [0, 0.1) is 10.1 Å². The number of rotatable bonds is 5. The number of benzene rings is 2. The highest BCUT2D eigenvalue weighted by Crippen LogP contribution is 2.29. The molecule has 3 aromatic rings. The average molecular weight is 353 g/mol. The van der Waals surface area contributed by atoms with Crippen LogP contribution in [0.1, 0.15) is 11.3 Å². The molecule has 1 aromatic heterocycles. The largest absolute Gasteiger partial charge is 0.496 e. The van der Waals surface area contributed by atoms with Crippen LogP contribution in [0.5, 0.6) is 11.5 Å². The van der Waals surface area contributed by atoms with Crippen molar-refractivity contribution in [2.24, 2.45) is 0 Å². The van der Waals surface area contributed by atoms with E-state index < -0.39 is 4.92 Å². The maximum absolute atomic E-state index is 12.4. The molecule has 0 bridgehead atoms. The van der Waals surface area contributed by atoms with E-state index in [4.69, 9.17) is 13.9 Å². The van der Waals surface area contributed by atoms with Crippen molar-refractivity contribution in [2.45, 2.75) is 0 Å². The second kappa shape index (κ2) is 7.10. The molecule has 0 saturated heterocycles. The van der Waals surface area contributed by atoms with Crippen molar-refractivity contribution < 1.29 is 18.8 Å². The number of ether oxygens (including phenoxy) is 2. The van der Waals surface area contributed by atoms with Gasteiger partial charge < -0.3 is 13.9 Å². The van der Waals surface area contributed by atoms with Gasteiger partial charge in [0, 0.05) is 30.3 Å². The highest BCUT2D eigenvalue weighted by molar-refractivity contribution is 5.86. The lowest BCUT2D eigenvalue weighted by molar-refractivity contribution is -0.384. The molecule has 2 aromatic carbocycles. The maximum Gasteiger partial charge on any atom is 0.269 e. The Morgan fingerprint density at radius 3 is 2.38 bits per heavy atom. The first-order valence-corrected chi connectivity index (χ1v) is 7.64. The molecule has 7 nitrogen and oxygen atoms in total. The second-order valence-electron chi connectivity index (χ2n) is 5.40. The van der Waals surface area contributed by atoms with Gasteiger partial charge in [-0.1, -0.05) is 6.08 Å². The predicted molar refractivity (Wildman–Crippen MR) is 97.6 cm³/mol. The zero-order valence-corrected chi connectivity index (χ0v) is 14.1. The SMILES string of the molecule is COc1cc(OC)c2c(=O)cc(C=Cc3ccc([N+](=O)[O-])cc3)oc2c1. The molecule has 0 radical (unpaired) electrons. The van der Waals surface area contributed by atoms with E-state index in [1.807, 2.05) is 0 Å². The van der Waals surface area contributed by atoms with Crippen LogP contribution in [-0.4, -0.2) is 19.1 Å². The normalized spacial score (nSPS) is 11.0. The minimum atomic E-state index is -0.462. The fourth-order valence-electron chi connectivity index (χ4n) is 2.49. The Morgan fingerprint density at radius 2 is 1.77 bits per heavy atom. The van der Waals surface area contributed by atoms with E-state index in [0.717, 1.165) is 5.56 Å². The first-order chi connectivity index (χ1) is 12.5. The Hall–Kier alpha value is -3.61. The van der Waals surface area contributed by atoms with Crippen LogP contribution in [0.25, 0.3) is 23.1 Å². The average Bonchev–Trinajstić information content (AvgIpc) is 2.65. The molecule has 7 heteroatoms. The monoisotopic (exact) mass is 353 g/mol. The predicted octanol–water partition coefficient (Wildman–Crippen LogP) is 3.89. The third kappa shape index (κ3) is 3.41. The van der Waals surface area contributed by atoms with Crippen LogP contribution >= 0.6 is 0 Å². The molecular weight excluding hydrogens is 338 g/mol. The van der Waals surface area contributed by atoms with E-state index >= 15 is 0 Å². The summed E-state index contributed by atoms with van der Waals surface area (Å²) in [5, 5.41) is 11.0. The molecule has 3 rings (SSSR count). The number of methoxy groups -OCH3 is 2. The van der Waals surface area contributed by atoms with Gasteiger partial charge in [-0.15, -0.1) is 0 Å². The molecule has 132 valence electrons. The van der Waals surface area contributed by atoms with Crippen molar-refractivity contribution in [1.82, 2.24) is 0 Å². The second-order valence-corrected chi connectivity index (χ2v) is 5.40. The Balaban J connectivity index is 2.00. The van der Waals surface area contributed by atoms with Gasteiger partial charge in [-0.2, -0.15) is 0 Å². The van der Waals surface area contributed by atoms with Crippen LogP contribution in [0.3, 0.4) is 0 Å². The van der Waals surface area contributed by atoms with Crippen LogP contribution in [0.15, 0.2) is 51.7 Å².